The number of alkyl halides is 1. The fourth-order valence-electron chi connectivity index (χ4n) is 3.05. The Morgan fingerprint density at radius 2 is 2.20 bits per heavy atom. The molecule has 7 nitrogen and oxygen atoms in total. The van der Waals surface area contributed by atoms with Crippen LogP contribution in [0.3, 0.4) is 0 Å². The number of benzene rings is 1. The van der Waals surface area contributed by atoms with Crippen LogP contribution in [0.4, 0.5) is 4.39 Å². The summed E-state index contributed by atoms with van der Waals surface area (Å²) in [6.45, 7) is 0.331. The Kier molecular flexibility index (Phi) is 3.96. The van der Waals surface area contributed by atoms with Crippen LogP contribution in [0.15, 0.2) is 41.1 Å². The highest BCUT2D eigenvalue weighted by Gasteiger charge is 2.37. The van der Waals surface area contributed by atoms with Crippen molar-refractivity contribution in [1.29, 1.82) is 0 Å². The molecule has 2 aromatic heterocycles. The summed E-state index contributed by atoms with van der Waals surface area (Å²) in [5.74, 6) is 0.436. The van der Waals surface area contributed by atoms with Gasteiger partial charge in [-0.25, -0.2) is 9.37 Å². The van der Waals surface area contributed by atoms with Gasteiger partial charge in [0.2, 0.25) is 5.76 Å². The van der Waals surface area contributed by atoms with E-state index < -0.39 is 12.3 Å². The number of nitrogens with zero attached hydrogens (tertiary/aromatic N) is 4. The van der Waals surface area contributed by atoms with Crippen LogP contribution in [0.5, 0.6) is 0 Å². The summed E-state index contributed by atoms with van der Waals surface area (Å²) < 4.78 is 26.7. The van der Waals surface area contributed by atoms with Crippen molar-refractivity contribution in [1.82, 2.24) is 19.6 Å². The molecule has 1 aromatic carbocycles. The zero-order chi connectivity index (χ0) is 17.4. The molecule has 3 aromatic rings. The van der Waals surface area contributed by atoms with E-state index in [1.165, 1.54) is 17.2 Å². The first-order valence-corrected chi connectivity index (χ1v) is 7.99. The highest BCUT2D eigenvalue weighted by molar-refractivity contribution is 5.91. The average molecular weight is 344 g/mol. The Labute approximate surface area is 143 Å². The topological polar surface area (TPSA) is 73.4 Å². The molecule has 0 bridgehead atoms. The number of hydrogen-bond acceptors (Lipinski definition) is 5. The molecule has 1 saturated heterocycles. The van der Waals surface area contributed by atoms with Gasteiger partial charge >= 0.3 is 0 Å². The van der Waals surface area contributed by atoms with Crippen molar-refractivity contribution in [3.05, 3.63) is 48.1 Å². The van der Waals surface area contributed by atoms with Gasteiger partial charge in [0.1, 0.15) is 24.7 Å². The molecule has 0 aliphatic carbocycles. The van der Waals surface area contributed by atoms with Gasteiger partial charge in [-0.1, -0.05) is 17.3 Å². The van der Waals surface area contributed by atoms with Gasteiger partial charge in [0, 0.05) is 13.1 Å². The van der Waals surface area contributed by atoms with Crippen molar-refractivity contribution in [3.63, 3.8) is 0 Å². The number of halogens is 1. The molecule has 1 aliphatic rings. The molecule has 130 valence electrons. The number of likely N-dealkylation sites (tertiary alicyclic amines) is 1. The van der Waals surface area contributed by atoms with E-state index in [0.29, 0.717) is 5.82 Å². The lowest BCUT2D eigenvalue weighted by Crippen LogP contribution is -2.30. The molecule has 25 heavy (non-hydrogen) atoms. The Hall–Kier alpha value is -2.74. The van der Waals surface area contributed by atoms with Crippen LogP contribution in [0.2, 0.25) is 0 Å². The lowest BCUT2D eigenvalue weighted by atomic mass is 10.3. The highest BCUT2D eigenvalue weighted by Crippen LogP contribution is 2.21. The molecule has 2 atom stereocenters. The summed E-state index contributed by atoms with van der Waals surface area (Å²) >= 11 is 0. The Morgan fingerprint density at radius 1 is 1.36 bits per heavy atom. The third-order valence-corrected chi connectivity index (χ3v) is 4.44. The van der Waals surface area contributed by atoms with E-state index in [1.54, 1.807) is 0 Å². The average Bonchev–Trinajstić information content (AvgIpc) is 3.33. The molecule has 1 aliphatic heterocycles. The van der Waals surface area contributed by atoms with E-state index in [2.05, 4.69) is 10.1 Å². The summed E-state index contributed by atoms with van der Waals surface area (Å²) in [6, 6.07) is 9.21. The maximum absolute atomic E-state index is 14.3. The van der Waals surface area contributed by atoms with E-state index >= 15 is 0 Å². The number of hydrogen-bond donors (Lipinski definition) is 0. The van der Waals surface area contributed by atoms with Gasteiger partial charge in [-0.3, -0.25) is 4.79 Å². The number of amides is 1. The summed E-state index contributed by atoms with van der Waals surface area (Å²) in [4.78, 5) is 18.1. The van der Waals surface area contributed by atoms with Gasteiger partial charge < -0.3 is 18.7 Å². The Morgan fingerprint density at radius 3 is 2.96 bits per heavy atom. The molecule has 0 unspecified atom stereocenters. The molecule has 8 heteroatoms. The summed E-state index contributed by atoms with van der Waals surface area (Å²) in [7, 11) is 1.90. The molecule has 3 heterocycles. The standard InChI is InChI=1S/C17H17FN4O3/c1-21-13-5-3-2-4-12(13)20-16(21)10-24-15-9-22(8-11(15)18)17(23)14-6-7-19-25-14/h2-7,11,15H,8-10H2,1H3/t11-,15+/m1/s1. The van der Waals surface area contributed by atoms with E-state index in [9.17, 15) is 9.18 Å². The first-order chi connectivity index (χ1) is 12.1. The minimum Gasteiger partial charge on any atom is -0.365 e. The lowest BCUT2D eigenvalue weighted by Gasteiger charge is -2.14. The van der Waals surface area contributed by atoms with Crippen LogP contribution in [0, 0.1) is 0 Å². The SMILES string of the molecule is Cn1c(CO[C@H]2CN(C(=O)c3ccno3)C[C@H]2F)nc2ccccc21. The predicted molar refractivity (Wildman–Crippen MR) is 86.6 cm³/mol. The van der Waals surface area contributed by atoms with Crippen LogP contribution in [0.1, 0.15) is 16.4 Å². The third kappa shape index (κ3) is 2.89. The van der Waals surface area contributed by atoms with Crippen LogP contribution < -0.4 is 0 Å². The highest BCUT2D eigenvalue weighted by atomic mass is 19.1. The number of aryl methyl sites for hydroxylation is 1. The van der Waals surface area contributed by atoms with Gasteiger partial charge in [-0.15, -0.1) is 0 Å². The fraction of sp³-hybridized carbons (Fsp3) is 0.353. The van der Waals surface area contributed by atoms with Crippen molar-refractivity contribution in [2.24, 2.45) is 7.05 Å². The molecular weight excluding hydrogens is 327 g/mol. The fourth-order valence-corrected chi connectivity index (χ4v) is 3.05. The number of aromatic nitrogens is 3. The quantitative estimate of drug-likeness (QED) is 0.723. The molecule has 0 radical (unpaired) electrons. The maximum atomic E-state index is 14.3. The minimum absolute atomic E-state index is 0.0211. The van der Waals surface area contributed by atoms with Gasteiger partial charge in [0.25, 0.3) is 5.91 Å². The number of fused-ring (bicyclic) bond motifs is 1. The smallest absolute Gasteiger partial charge is 0.292 e. The summed E-state index contributed by atoms with van der Waals surface area (Å²) in [5, 5.41) is 3.50. The molecule has 0 saturated carbocycles. The molecule has 1 amide bonds. The Balaban J connectivity index is 1.42. The van der Waals surface area contributed by atoms with E-state index in [0.717, 1.165) is 11.0 Å². The predicted octanol–water partition coefficient (Wildman–Crippen LogP) is 1.94. The molecular formula is C17H17FN4O3. The monoisotopic (exact) mass is 344 g/mol. The second kappa shape index (κ2) is 6.29. The van der Waals surface area contributed by atoms with Crippen molar-refractivity contribution in [2.45, 2.75) is 18.9 Å². The molecule has 0 spiro atoms. The first kappa shape index (κ1) is 15.8. The van der Waals surface area contributed by atoms with Gasteiger partial charge in [0.05, 0.1) is 30.3 Å². The zero-order valence-corrected chi connectivity index (χ0v) is 13.6. The number of rotatable bonds is 4. The first-order valence-electron chi connectivity index (χ1n) is 7.99. The lowest BCUT2D eigenvalue weighted by molar-refractivity contribution is 0.00763. The van der Waals surface area contributed by atoms with E-state index in [-0.39, 0.29) is 31.4 Å². The normalized spacial score (nSPS) is 20.5. The molecule has 4 rings (SSSR count). The van der Waals surface area contributed by atoms with Crippen molar-refractivity contribution in [2.75, 3.05) is 13.1 Å². The molecule has 0 N–H and O–H groups in total. The summed E-state index contributed by atoms with van der Waals surface area (Å²) in [6.07, 6.45) is -0.552. The number of carbonyl (C=O) groups excluding carboxylic acids is 1. The number of ether oxygens (including phenoxy) is 1. The Bertz CT molecular complexity index is 893. The minimum atomic E-state index is -1.25. The van der Waals surface area contributed by atoms with Crippen LogP contribution in [0.25, 0.3) is 11.0 Å². The van der Waals surface area contributed by atoms with Crippen molar-refractivity contribution >= 4 is 16.9 Å². The van der Waals surface area contributed by atoms with Crippen molar-refractivity contribution < 1.29 is 18.4 Å². The summed E-state index contributed by atoms with van der Waals surface area (Å²) in [5.41, 5.74) is 1.86. The van der Waals surface area contributed by atoms with E-state index in [4.69, 9.17) is 9.26 Å². The van der Waals surface area contributed by atoms with Crippen LogP contribution >= 0.6 is 0 Å². The van der Waals surface area contributed by atoms with Crippen molar-refractivity contribution in [3.8, 4) is 0 Å². The number of imidazole rings is 1. The van der Waals surface area contributed by atoms with Crippen LogP contribution in [-0.2, 0) is 18.4 Å². The largest absolute Gasteiger partial charge is 0.365 e. The second-order valence-corrected chi connectivity index (χ2v) is 6.03. The van der Waals surface area contributed by atoms with Gasteiger partial charge in [0.15, 0.2) is 0 Å². The van der Waals surface area contributed by atoms with Gasteiger partial charge in [-0.2, -0.15) is 0 Å². The number of carbonyl (C=O) groups is 1. The third-order valence-electron chi connectivity index (χ3n) is 4.44. The van der Waals surface area contributed by atoms with E-state index in [1.807, 2.05) is 35.9 Å². The zero-order valence-electron chi connectivity index (χ0n) is 13.6. The molecule has 1 fully saturated rings. The number of para-hydroxylation sites is 2. The van der Waals surface area contributed by atoms with Crippen LogP contribution in [-0.4, -0.2) is 50.9 Å². The van der Waals surface area contributed by atoms with Gasteiger partial charge in [-0.05, 0) is 12.1 Å². The second-order valence-electron chi connectivity index (χ2n) is 6.03. The maximum Gasteiger partial charge on any atom is 0.292 e.